The topological polar surface area (TPSA) is 68.8 Å². The van der Waals surface area contributed by atoms with Crippen LogP contribution in [-0.4, -0.2) is 41.9 Å². The lowest BCUT2D eigenvalue weighted by Crippen LogP contribution is -2.43. The van der Waals surface area contributed by atoms with E-state index in [4.69, 9.17) is 0 Å². The van der Waals surface area contributed by atoms with E-state index >= 15 is 0 Å². The van der Waals surface area contributed by atoms with Crippen LogP contribution in [0.3, 0.4) is 0 Å². The van der Waals surface area contributed by atoms with Gasteiger partial charge < -0.3 is 9.47 Å². The molecule has 0 aliphatic carbocycles. The van der Waals surface area contributed by atoms with Crippen LogP contribution in [-0.2, 0) is 19.3 Å². The third kappa shape index (κ3) is 3.04. The summed E-state index contributed by atoms with van der Waals surface area (Å²) >= 11 is 0. The Morgan fingerprint density at radius 2 is 1.89 bits per heavy atom. The van der Waals surface area contributed by atoms with E-state index in [1.165, 1.54) is 4.90 Å². The highest BCUT2D eigenvalue weighted by Crippen LogP contribution is 2.36. The van der Waals surface area contributed by atoms with E-state index in [9.17, 15) is 18.0 Å². The van der Waals surface area contributed by atoms with Gasteiger partial charge in [-0.15, -0.1) is 10.2 Å². The van der Waals surface area contributed by atoms with Crippen LogP contribution >= 0.6 is 0 Å². The van der Waals surface area contributed by atoms with E-state index in [1.54, 1.807) is 47.3 Å². The molecule has 0 radical (unpaired) electrons. The van der Waals surface area contributed by atoms with Crippen LogP contribution in [0.5, 0.6) is 0 Å². The fraction of sp³-hybridized carbons (Fsp3) is 0.333. The first kappa shape index (κ1) is 18.2. The minimum Gasteiger partial charge on any atom is -0.321 e. The van der Waals surface area contributed by atoms with E-state index in [-0.39, 0.29) is 30.5 Å². The van der Waals surface area contributed by atoms with Crippen LogP contribution in [0.25, 0.3) is 0 Å². The van der Waals surface area contributed by atoms with Gasteiger partial charge in [-0.2, -0.15) is 18.3 Å². The molecule has 4 rings (SSSR count). The molecule has 10 heteroatoms. The van der Waals surface area contributed by atoms with Crippen molar-refractivity contribution in [2.45, 2.75) is 32.2 Å². The molecule has 1 unspecified atom stereocenters. The van der Waals surface area contributed by atoms with Crippen molar-refractivity contribution < 1.29 is 18.0 Å². The zero-order valence-electron chi connectivity index (χ0n) is 15.0. The summed E-state index contributed by atoms with van der Waals surface area (Å²) in [6.45, 7) is 2.56. The van der Waals surface area contributed by atoms with Crippen LogP contribution < -0.4 is 0 Å². The van der Waals surface area contributed by atoms with Gasteiger partial charge in [0, 0.05) is 25.8 Å². The number of carbonyl (C=O) groups excluding carboxylic acids is 1. The predicted molar refractivity (Wildman–Crippen MR) is 92.2 cm³/mol. The summed E-state index contributed by atoms with van der Waals surface area (Å²) in [5.74, 6) is -1.32. The number of nitrogens with zero attached hydrogens (tertiary/aromatic N) is 6. The molecule has 0 spiro atoms. The van der Waals surface area contributed by atoms with Gasteiger partial charge in [-0.3, -0.25) is 9.48 Å². The molecule has 1 aliphatic heterocycles. The van der Waals surface area contributed by atoms with E-state index in [1.807, 2.05) is 6.92 Å². The standard InChI is InChI=1S/C18H17F3N6O/c1-2-25-9-8-13(24-25)16(28)26-10-11-27-15(22-23-17(27)18(19,20)21)14(26)12-6-4-3-5-7-12/h3-9,14H,2,10-11H2,1H3. The first-order valence-electron chi connectivity index (χ1n) is 8.79. The summed E-state index contributed by atoms with van der Waals surface area (Å²) in [6, 6.07) is 9.67. The van der Waals surface area contributed by atoms with Crippen molar-refractivity contribution in [1.29, 1.82) is 0 Å². The smallest absolute Gasteiger partial charge is 0.321 e. The molecular weight excluding hydrogens is 373 g/mol. The normalized spacial score (nSPS) is 16.9. The number of carbonyl (C=O) groups is 1. The molecule has 3 aromatic rings. The second-order valence-electron chi connectivity index (χ2n) is 6.40. The Morgan fingerprint density at radius 1 is 1.14 bits per heavy atom. The number of hydrogen-bond donors (Lipinski definition) is 0. The molecule has 1 atom stereocenters. The molecule has 2 aromatic heterocycles. The molecule has 1 aromatic carbocycles. The van der Waals surface area contributed by atoms with Crippen LogP contribution in [0.1, 0.15) is 40.7 Å². The number of amides is 1. The summed E-state index contributed by atoms with van der Waals surface area (Å²) in [4.78, 5) is 14.6. The first-order valence-corrected chi connectivity index (χ1v) is 8.79. The van der Waals surface area contributed by atoms with Crippen molar-refractivity contribution in [3.8, 4) is 0 Å². The fourth-order valence-electron chi connectivity index (χ4n) is 3.41. The lowest BCUT2D eigenvalue weighted by molar-refractivity contribution is -0.148. The van der Waals surface area contributed by atoms with Crippen LogP contribution in [0.2, 0.25) is 0 Å². The Morgan fingerprint density at radius 3 is 2.54 bits per heavy atom. The Kier molecular flexibility index (Phi) is 4.40. The maximum absolute atomic E-state index is 13.3. The number of halogens is 3. The van der Waals surface area contributed by atoms with Crippen LogP contribution in [0.4, 0.5) is 13.2 Å². The Hall–Kier alpha value is -3.17. The average Bonchev–Trinajstić information content (AvgIpc) is 3.34. The monoisotopic (exact) mass is 390 g/mol. The van der Waals surface area contributed by atoms with Gasteiger partial charge >= 0.3 is 6.18 Å². The quantitative estimate of drug-likeness (QED) is 0.690. The van der Waals surface area contributed by atoms with E-state index in [0.29, 0.717) is 12.1 Å². The number of aryl methyl sites for hydroxylation is 1. The lowest BCUT2D eigenvalue weighted by atomic mass is 10.0. The van der Waals surface area contributed by atoms with Crippen molar-refractivity contribution in [3.63, 3.8) is 0 Å². The highest BCUT2D eigenvalue weighted by Gasteiger charge is 2.43. The molecule has 0 saturated carbocycles. The Bertz CT molecular complexity index is 994. The molecule has 0 saturated heterocycles. The largest absolute Gasteiger partial charge is 0.451 e. The fourth-order valence-corrected chi connectivity index (χ4v) is 3.41. The maximum atomic E-state index is 13.3. The molecule has 1 amide bonds. The van der Waals surface area contributed by atoms with E-state index in [0.717, 1.165) is 4.57 Å². The zero-order chi connectivity index (χ0) is 19.9. The Labute approximate surface area is 158 Å². The van der Waals surface area contributed by atoms with Gasteiger partial charge in [-0.1, -0.05) is 30.3 Å². The van der Waals surface area contributed by atoms with E-state index in [2.05, 4.69) is 15.3 Å². The molecule has 0 fully saturated rings. The third-order valence-electron chi connectivity index (χ3n) is 4.71. The second kappa shape index (κ2) is 6.77. The number of fused-ring (bicyclic) bond motifs is 1. The number of hydrogen-bond acceptors (Lipinski definition) is 4. The molecule has 0 N–H and O–H groups in total. The van der Waals surface area contributed by atoms with Crippen molar-refractivity contribution in [2.75, 3.05) is 6.54 Å². The molecule has 1 aliphatic rings. The first-order chi connectivity index (χ1) is 13.4. The van der Waals surface area contributed by atoms with Gasteiger partial charge in [0.2, 0.25) is 5.82 Å². The summed E-state index contributed by atoms with van der Waals surface area (Å²) in [7, 11) is 0. The van der Waals surface area contributed by atoms with E-state index < -0.39 is 18.0 Å². The van der Waals surface area contributed by atoms with Gasteiger partial charge in [-0.25, -0.2) is 0 Å². The van der Waals surface area contributed by atoms with Gasteiger partial charge in [0.15, 0.2) is 5.82 Å². The summed E-state index contributed by atoms with van der Waals surface area (Å²) in [5.41, 5.74) is 0.902. The number of alkyl halides is 3. The molecule has 7 nitrogen and oxygen atoms in total. The molecule has 28 heavy (non-hydrogen) atoms. The minimum atomic E-state index is -4.61. The summed E-state index contributed by atoms with van der Waals surface area (Å²) in [6.07, 6.45) is -2.92. The highest BCUT2D eigenvalue weighted by molar-refractivity contribution is 5.92. The van der Waals surface area contributed by atoms with Crippen LogP contribution in [0.15, 0.2) is 42.6 Å². The highest BCUT2D eigenvalue weighted by atomic mass is 19.4. The van der Waals surface area contributed by atoms with Crippen molar-refractivity contribution >= 4 is 5.91 Å². The second-order valence-corrected chi connectivity index (χ2v) is 6.40. The third-order valence-corrected chi connectivity index (χ3v) is 4.71. The predicted octanol–water partition coefficient (Wildman–Crippen LogP) is 2.76. The number of benzene rings is 1. The van der Waals surface area contributed by atoms with Crippen molar-refractivity contribution in [3.05, 3.63) is 65.5 Å². The molecule has 0 bridgehead atoms. The number of aromatic nitrogens is 5. The van der Waals surface area contributed by atoms with Crippen LogP contribution in [0, 0.1) is 0 Å². The molecular formula is C18H17F3N6O. The van der Waals surface area contributed by atoms with Gasteiger partial charge in [-0.05, 0) is 18.6 Å². The van der Waals surface area contributed by atoms with Gasteiger partial charge in [0.25, 0.3) is 5.91 Å². The summed E-state index contributed by atoms with van der Waals surface area (Å²) < 4.78 is 42.5. The Balaban J connectivity index is 1.79. The van der Waals surface area contributed by atoms with Gasteiger partial charge in [0.05, 0.1) is 0 Å². The maximum Gasteiger partial charge on any atom is 0.451 e. The van der Waals surface area contributed by atoms with Crippen molar-refractivity contribution in [2.24, 2.45) is 0 Å². The minimum absolute atomic E-state index is 0.0409. The summed E-state index contributed by atoms with van der Waals surface area (Å²) in [5, 5.41) is 11.4. The lowest BCUT2D eigenvalue weighted by Gasteiger charge is -2.35. The van der Waals surface area contributed by atoms with Gasteiger partial charge in [0.1, 0.15) is 11.7 Å². The molecule has 146 valence electrons. The SMILES string of the molecule is CCn1ccc(C(=O)N2CCn3c(nnc3C(F)(F)F)C2c2ccccc2)n1. The number of rotatable bonds is 3. The zero-order valence-corrected chi connectivity index (χ0v) is 15.0. The average molecular weight is 390 g/mol. The molecule has 3 heterocycles. The van der Waals surface area contributed by atoms with Crippen molar-refractivity contribution in [1.82, 2.24) is 29.4 Å².